The van der Waals surface area contributed by atoms with Gasteiger partial charge in [-0.25, -0.2) is 4.42 Å². The van der Waals surface area contributed by atoms with Gasteiger partial charge in [-0.2, -0.15) is 10.2 Å². The molecule has 0 aliphatic heterocycles. The summed E-state index contributed by atoms with van der Waals surface area (Å²) in [7, 11) is 2.97. The van der Waals surface area contributed by atoms with Crippen molar-refractivity contribution in [3.63, 3.8) is 0 Å². The fourth-order valence-electron chi connectivity index (χ4n) is 2.70. The highest BCUT2D eigenvalue weighted by Gasteiger charge is 2.29. The summed E-state index contributed by atoms with van der Waals surface area (Å²) in [5.74, 6) is 0.541. The van der Waals surface area contributed by atoms with Crippen LogP contribution in [0.4, 0.5) is 11.4 Å². The van der Waals surface area contributed by atoms with Crippen LogP contribution in [0.15, 0.2) is 46.6 Å². The van der Waals surface area contributed by atoms with Gasteiger partial charge in [0.15, 0.2) is 5.78 Å². The van der Waals surface area contributed by atoms with Crippen molar-refractivity contribution >= 4 is 34.8 Å². The first-order chi connectivity index (χ1) is 15.3. The van der Waals surface area contributed by atoms with Crippen LogP contribution in [0.1, 0.15) is 20.8 Å². The zero-order chi connectivity index (χ0) is 23.7. The summed E-state index contributed by atoms with van der Waals surface area (Å²) in [5, 5.41) is 7.99. The summed E-state index contributed by atoms with van der Waals surface area (Å²) in [5.41, 5.74) is 0.565. The standard InChI is InChI=1S/C22H26ClN3O6/c1-6-31-17-10-15(11-18(12-17)32-7-2)26(23)22(28)21(14(3)27)25-24-19-13-16(29-4)8-9-20(19)30-5/h8-13,21H,6-7H2,1-5H3. The Hall–Kier alpha value is -3.33. The maximum atomic E-state index is 13.0. The molecule has 0 spiro atoms. The average Bonchev–Trinajstić information content (AvgIpc) is 2.78. The Kier molecular flexibility index (Phi) is 9.27. The van der Waals surface area contributed by atoms with Gasteiger partial charge in [0.2, 0.25) is 6.04 Å². The third-order valence-electron chi connectivity index (χ3n) is 4.19. The highest BCUT2D eigenvalue weighted by atomic mass is 35.5. The van der Waals surface area contributed by atoms with E-state index in [1.54, 1.807) is 36.4 Å². The van der Waals surface area contributed by atoms with Crippen LogP contribution in [-0.4, -0.2) is 45.2 Å². The van der Waals surface area contributed by atoms with Gasteiger partial charge in [-0.1, -0.05) is 0 Å². The summed E-state index contributed by atoms with van der Waals surface area (Å²) < 4.78 is 22.2. The van der Waals surface area contributed by atoms with Crippen LogP contribution in [0.25, 0.3) is 0 Å². The van der Waals surface area contributed by atoms with Crippen LogP contribution in [0.5, 0.6) is 23.0 Å². The molecule has 0 heterocycles. The third kappa shape index (κ3) is 6.34. The minimum atomic E-state index is -1.46. The van der Waals surface area contributed by atoms with E-state index < -0.39 is 17.7 Å². The highest BCUT2D eigenvalue weighted by molar-refractivity contribution is 6.39. The van der Waals surface area contributed by atoms with Gasteiger partial charge < -0.3 is 18.9 Å². The molecule has 0 saturated carbocycles. The van der Waals surface area contributed by atoms with Crippen LogP contribution in [0, 0.1) is 0 Å². The number of carbonyl (C=O) groups excluding carboxylic acids is 2. The molecule has 0 aromatic heterocycles. The number of nitrogens with zero attached hydrogens (tertiary/aromatic N) is 3. The summed E-state index contributed by atoms with van der Waals surface area (Å²) in [6.45, 7) is 5.72. The van der Waals surface area contributed by atoms with E-state index in [-0.39, 0.29) is 5.69 Å². The van der Waals surface area contributed by atoms with E-state index in [1.807, 2.05) is 13.8 Å². The van der Waals surface area contributed by atoms with Crippen LogP contribution in [0.2, 0.25) is 0 Å². The number of halogens is 1. The molecule has 1 atom stereocenters. The van der Waals surface area contributed by atoms with Gasteiger partial charge in [-0.15, -0.1) is 0 Å². The van der Waals surface area contributed by atoms with Gasteiger partial charge in [0, 0.05) is 36.0 Å². The van der Waals surface area contributed by atoms with E-state index in [1.165, 1.54) is 21.1 Å². The molecule has 0 bridgehead atoms. The number of ether oxygens (including phenoxy) is 4. The molecule has 2 aromatic carbocycles. The number of rotatable bonds is 11. The largest absolute Gasteiger partial charge is 0.497 e. The van der Waals surface area contributed by atoms with Crippen LogP contribution in [0.3, 0.4) is 0 Å². The molecule has 0 radical (unpaired) electrons. The molecule has 1 unspecified atom stereocenters. The van der Waals surface area contributed by atoms with Gasteiger partial charge >= 0.3 is 0 Å². The van der Waals surface area contributed by atoms with E-state index >= 15 is 0 Å². The lowest BCUT2D eigenvalue weighted by atomic mass is 10.2. The SMILES string of the molecule is CCOc1cc(OCC)cc(N(Cl)C(=O)C(N=Nc2cc(OC)ccc2OC)C(C)=O)c1. The van der Waals surface area contributed by atoms with E-state index in [0.29, 0.717) is 41.9 Å². The second-order valence-electron chi connectivity index (χ2n) is 6.41. The molecule has 9 nitrogen and oxygen atoms in total. The molecule has 0 fully saturated rings. The molecule has 0 aliphatic carbocycles. The number of methoxy groups -OCH3 is 2. The Bertz CT molecular complexity index is 958. The second kappa shape index (κ2) is 11.9. The summed E-state index contributed by atoms with van der Waals surface area (Å²) >= 11 is 6.30. The number of benzene rings is 2. The van der Waals surface area contributed by atoms with Gasteiger partial charge in [0.25, 0.3) is 5.91 Å². The van der Waals surface area contributed by atoms with Crippen molar-refractivity contribution in [3.05, 3.63) is 36.4 Å². The maximum Gasteiger partial charge on any atom is 0.276 e. The summed E-state index contributed by atoms with van der Waals surface area (Å²) in [6.07, 6.45) is 0. The first-order valence-corrected chi connectivity index (χ1v) is 10.2. The predicted octanol–water partition coefficient (Wildman–Crippen LogP) is 4.73. The average molecular weight is 464 g/mol. The van der Waals surface area contributed by atoms with Crippen molar-refractivity contribution in [3.8, 4) is 23.0 Å². The molecular formula is C22H26ClN3O6. The Balaban J connectivity index is 2.36. The first kappa shape index (κ1) is 24.9. The monoisotopic (exact) mass is 463 g/mol. The molecule has 10 heteroatoms. The van der Waals surface area contributed by atoms with E-state index in [4.69, 9.17) is 30.7 Å². The van der Waals surface area contributed by atoms with Crippen molar-refractivity contribution < 1.29 is 28.5 Å². The van der Waals surface area contributed by atoms with E-state index in [2.05, 4.69) is 10.2 Å². The van der Waals surface area contributed by atoms with Crippen molar-refractivity contribution in [2.24, 2.45) is 10.2 Å². The summed E-state index contributed by atoms with van der Waals surface area (Å²) in [6, 6.07) is 8.25. The van der Waals surface area contributed by atoms with Crippen molar-refractivity contribution in [2.45, 2.75) is 26.8 Å². The highest BCUT2D eigenvalue weighted by Crippen LogP contribution is 2.33. The predicted molar refractivity (Wildman–Crippen MR) is 121 cm³/mol. The molecule has 172 valence electrons. The van der Waals surface area contributed by atoms with Crippen LogP contribution in [-0.2, 0) is 9.59 Å². The van der Waals surface area contributed by atoms with E-state index in [0.717, 1.165) is 4.42 Å². The number of hydrogen-bond donors (Lipinski definition) is 0. The number of azo groups is 1. The maximum absolute atomic E-state index is 13.0. The van der Waals surface area contributed by atoms with Crippen molar-refractivity contribution in [2.75, 3.05) is 31.9 Å². The first-order valence-electron chi connectivity index (χ1n) is 9.88. The number of amides is 1. The Morgan fingerprint density at radius 3 is 2.09 bits per heavy atom. The van der Waals surface area contributed by atoms with Crippen LogP contribution < -0.4 is 23.4 Å². The quantitative estimate of drug-likeness (QED) is 0.271. The van der Waals surface area contributed by atoms with E-state index in [9.17, 15) is 9.59 Å². The minimum Gasteiger partial charge on any atom is -0.497 e. The molecule has 2 aromatic rings. The number of carbonyl (C=O) groups is 2. The zero-order valence-corrected chi connectivity index (χ0v) is 19.4. The molecule has 0 N–H and O–H groups in total. The normalized spacial score (nSPS) is 11.7. The van der Waals surface area contributed by atoms with Crippen LogP contribution >= 0.6 is 11.8 Å². The number of Topliss-reactive ketones (excluding diaryl/α,β-unsaturated/α-hetero) is 1. The number of anilines is 1. The number of ketones is 1. The molecule has 2 rings (SSSR count). The zero-order valence-electron chi connectivity index (χ0n) is 18.6. The van der Waals surface area contributed by atoms with Gasteiger partial charge in [0.05, 0.1) is 33.1 Å². The Morgan fingerprint density at radius 1 is 0.969 bits per heavy atom. The molecule has 1 amide bonds. The lowest BCUT2D eigenvalue weighted by Crippen LogP contribution is -2.36. The Labute approximate surface area is 192 Å². The fraction of sp³-hybridized carbons (Fsp3) is 0.364. The van der Waals surface area contributed by atoms with Gasteiger partial charge in [-0.3, -0.25) is 9.59 Å². The van der Waals surface area contributed by atoms with Crippen molar-refractivity contribution in [1.29, 1.82) is 0 Å². The third-order valence-corrected chi connectivity index (χ3v) is 4.55. The summed E-state index contributed by atoms with van der Waals surface area (Å²) in [4.78, 5) is 25.2. The van der Waals surface area contributed by atoms with Gasteiger partial charge in [0.1, 0.15) is 28.7 Å². The smallest absolute Gasteiger partial charge is 0.276 e. The lowest BCUT2D eigenvalue weighted by Gasteiger charge is -2.19. The topological polar surface area (TPSA) is 99.0 Å². The fourth-order valence-corrected chi connectivity index (χ4v) is 2.89. The molecule has 0 saturated heterocycles. The molecule has 32 heavy (non-hydrogen) atoms. The number of hydrogen-bond acceptors (Lipinski definition) is 8. The lowest BCUT2D eigenvalue weighted by molar-refractivity contribution is -0.126. The van der Waals surface area contributed by atoms with Crippen molar-refractivity contribution in [1.82, 2.24) is 0 Å². The Morgan fingerprint density at radius 2 is 1.59 bits per heavy atom. The van der Waals surface area contributed by atoms with Gasteiger partial charge in [-0.05, 0) is 32.9 Å². The molecular weight excluding hydrogens is 438 g/mol. The minimum absolute atomic E-state index is 0.270. The second-order valence-corrected chi connectivity index (χ2v) is 6.75. The molecule has 0 aliphatic rings.